The predicted octanol–water partition coefficient (Wildman–Crippen LogP) is 2.30. The van der Waals surface area contributed by atoms with Gasteiger partial charge in [-0.15, -0.1) is 24.0 Å². The first-order valence-corrected chi connectivity index (χ1v) is 11.1. The number of nitrogens with one attached hydrogen (secondary N) is 1. The lowest BCUT2D eigenvalue weighted by Crippen LogP contribution is -2.48. The van der Waals surface area contributed by atoms with Gasteiger partial charge in [0.1, 0.15) is 0 Å². The second-order valence-electron chi connectivity index (χ2n) is 8.32. The number of rotatable bonds is 5. The number of hydrogen-bond donors (Lipinski definition) is 1. The molecule has 0 radical (unpaired) electrons. The highest BCUT2D eigenvalue weighted by Crippen LogP contribution is 2.35. The van der Waals surface area contributed by atoms with Gasteiger partial charge < -0.3 is 15.1 Å². The van der Waals surface area contributed by atoms with E-state index in [0.717, 1.165) is 69.6 Å². The van der Waals surface area contributed by atoms with Crippen LogP contribution in [0.5, 0.6) is 0 Å². The molecular weight excluding hydrogens is 477 g/mol. The number of nitrogens with zero attached hydrogens (tertiary/aromatic N) is 6. The topological polar surface area (TPSA) is 59.9 Å². The highest BCUT2D eigenvalue weighted by molar-refractivity contribution is 14.0. The zero-order chi connectivity index (χ0) is 19.2. The average Bonchev–Trinajstić information content (AvgIpc) is 3.18. The quantitative estimate of drug-likeness (QED) is 0.371. The molecule has 1 aromatic rings. The van der Waals surface area contributed by atoms with Crippen molar-refractivity contribution in [1.29, 1.82) is 0 Å². The van der Waals surface area contributed by atoms with Gasteiger partial charge in [0.15, 0.2) is 5.96 Å². The molecule has 2 unspecified atom stereocenters. The van der Waals surface area contributed by atoms with Gasteiger partial charge in [0.05, 0.1) is 6.54 Å². The molecule has 0 bridgehead atoms. The third kappa shape index (κ3) is 5.93. The molecule has 29 heavy (non-hydrogen) atoms. The SMILES string of the molecule is CCNC(=NCCN1CCN(c2ncccn2)CC1)N1CC2CCCCC2C1.I. The molecule has 8 heteroatoms. The summed E-state index contributed by atoms with van der Waals surface area (Å²) in [5.41, 5.74) is 0. The number of guanidine groups is 1. The first kappa shape index (κ1) is 22.5. The van der Waals surface area contributed by atoms with Crippen LogP contribution >= 0.6 is 24.0 Å². The van der Waals surface area contributed by atoms with Crippen LogP contribution in [0.25, 0.3) is 0 Å². The zero-order valence-electron chi connectivity index (χ0n) is 17.7. The van der Waals surface area contributed by atoms with E-state index in [1.54, 1.807) is 0 Å². The van der Waals surface area contributed by atoms with Crippen LogP contribution in [0.4, 0.5) is 5.95 Å². The van der Waals surface area contributed by atoms with Crippen molar-refractivity contribution >= 4 is 35.9 Å². The molecule has 0 aromatic carbocycles. The number of anilines is 1. The summed E-state index contributed by atoms with van der Waals surface area (Å²) in [6, 6.07) is 1.87. The van der Waals surface area contributed by atoms with Crippen LogP contribution < -0.4 is 10.2 Å². The van der Waals surface area contributed by atoms with Crippen molar-refractivity contribution in [2.75, 3.05) is 63.8 Å². The number of aliphatic imine (C=N–C) groups is 1. The van der Waals surface area contributed by atoms with Crippen molar-refractivity contribution in [3.63, 3.8) is 0 Å². The number of halogens is 1. The molecule has 2 aliphatic heterocycles. The Balaban J connectivity index is 0.00000240. The Hall–Kier alpha value is -1.16. The Bertz CT molecular complexity index is 619. The molecule has 1 N–H and O–H groups in total. The summed E-state index contributed by atoms with van der Waals surface area (Å²) < 4.78 is 0. The lowest BCUT2D eigenvalue weighted by Gasteiger charge is -2.34. The summed E-state index contributed by atoms with van der Waals surface area (Å²) in [7, 11) is 0. The van der Waals surface area contributed by atoms with E-state index in [4.69, 9.17) is 4.99 Å². The standard InChI is InChI=1S/C21H35N7.HI/c1-2-22-20(28-16-18-6-3-4-7-19(18)17-28)25-10-11-26-12-14-27(15-13-26)21-23-8-5-9-24-21;/h5,8-9,18-19H,2-4,6-7,10-17H2,1H3,(H,22,25);1H. The number of aromatic nitrogens is 2. The van der Waals surface area contributed by atoms with E-state index in [1.807, 2.05) is 18.5 Å². The van der Waals surface area contributed by atoms with Crippen molar-refractivity contribution in [1.82, 2.24) is 25.1 Å². The van der Waals surface area contributed by atoms with E-state index >= 15 is 0 Å². The fourth-order valence-corrected chi connectivity index (χ4v) is 4.93. The van der Waals surface area contributed by atoms with Crippen LogP contribution in [0.15, 0.2) is 23.5 Å². The fourth-order valence-electron chi connectivity index (χ4n) is 4.93. The van der Waals surface area contributed by atoms with Crippen LogP contribution in [-0.4, -0.2) is 84.6 Å². The molecule has 1 aromatic heterocycles. The largest absolute Gasteiger partial charge is 0.357 e. The normalized spacial score (nSPS) is 25.5. The van der Waals surface area contributed by atoms with Gasteiger partial charge in [-0.3, -0.25) is 9.89 Å². The first-order valence-electron chi connectivity index (χ1n) is 11.1. The molecule has 1 saturated carbocycles. The summed E-state index contributed by atoms with van der Waals surface area (Å²) in [5, 5.41) is 3.53. The molecule has 3 aliphatic rings. The number of piperazine rings is 1. The van der Waals surface area contributed by atoms with Gasteiger partial charge in [0.2, 0.25) is 5.95 Å². The lowest BCUT2D eigenvalue weighted by molar-refractivity contribution is 0.263. The van der Waals surface area contributed by atoms with E-state index < -0.39 is 0 Å². The Labute approximate surface area is 192 Å². The Morgan fingerprint density at radius 2 is 1.72 bits per heavy atom. The molecule has 2 atom stereocenters. The second-order valence-corrected chi connectivity index (χ2v) is 8.32. The molecule has 2 saturated heterocycles. The van der Waals surface area contributed by atoms with Crippen LogP contribution in [0.1, 0.15) is 32.6 Å². The lowest BCUT2D eigenvalue weighted by atomic mass is 9.82. The number of hydrogen-bond acceptors (Lipinski definition) is 5. The molecule has 0 spiro atoms. The smallest absolute Gasteiger partial charge is 0.225 e. The van der Waals surface area contributed by atoms with Crippen molar-refractivity contribution in [2.45, 2.75) is 32.6 Å². The van der Waals surface area contributed by atoms with Gasteiger partial charge in [0, 0.05) is 64.8 Å². The monoisotopic (exact) mass is 513 g/mol. The minimum atomic E-state index is 0. The molecule has 4 rings (SSSR count). The van der Waals surface area contributed by atoms with E-state index in [-0.39, 0.29) is 24.0 Å². The van der Waals surface area contributed by atoms with Crippen LogP contribution in [0, 0.1) is 11.8 Å². The van der Waals surface area contributed by atoms with Crippen molar-refractivity contribution in [2.24, 2.45) is 16.8 Å². The highest BCUT2D eigenvalue weighted by Gasteiger charge is 2.35. The number of likely N-dealkylation sites (tertiary alicyclic amines) is 1. The molecule has 3 fully saturated rings. The predicted molar refractivity (Wildman–Crippen MR) is 129 cm³/mol. The number of fused-ring (bicyclic) bond motifs is 1. The van der Waals surface area contributed by atoms with Gasteiger partial charge in [-0.05, 0) is 37.7 Å². The Morgan fingerprint density at radius 3 is 2.34 bits per heavy atom. The van der Waals surface area contributed by atoms with Gasteiger partial charge in [-0.2, -0.15) is 0 Å². The maximum absolute atomic E-state index is 4.98. The summed E-state index contributed by atoms with van der Waals surface area (Å²) in [6.07, 6.45) is 9.30. The second kappa shape index (κ2) is 11.3. The molecule has 0 amide bonds. The molecule has 1 aliphatic carbocycles. The molecule has 3 heterocycles. The van der Waals surface area contributed by atoms with E-state index in [0.29, 0.717) is 0 Å². The van der Waals surface area contributed by atoms with Crippen molar-refractivity contribution in [3.8, 4) is 0 Å². The van der Waals surface area contributed by atoms with E-state index in [1.165, 1.54) is 38.8 Å². The minimum absolute atomic E-state index is 0. The van der Waals surface area contributed by atoms with Gasteiger partial charge in [-0.25, -0.2) is 9.97 Å². The van der Waals surface area contributed by atoms with Crippen molar-refractivity contribution < 1.29 is 0 Å². The Morgan fingerprint density at radius 1 is 1.07 bits per heavy atom. The van der Waals surface area contributed by atoms with Crippen LogP contribution in [-0.2, 0) is 0 Å². The fraction of sp³-hybridized carbons (Fsp3) is 0.762. The highest BCUT2D eigenvalue weighted by atomic mass is 127. The third-order valence-corrected chi connectivity index (χ3v) is 6.50. The Kier molecular flexibility index (Phi) is 8.77. The summed E-state index contributed by atoms with van der Waals surface area (Å²) in [6.45, 7) is 11.5. The van der Waals surface area contributed by atoms with E-state index in [9.17, 15) is 0 Å². The third-order valence-electron chi connectivity index (χ3n) is 6.50. The summed E-state index contributed by atoms with van der Waals surface area (Å²) in [5.74, 6) is 3.77. The van der Waals surface area contributed by atoms with E-state index in [2.05, 4.69) is 36.9 Å². The molecule has 7 nitrogen and oxygen atoms in total. The maximum atomic E-state index is 4.98. The van der Waals surface area contributed by atoms with Gasteiger partial charge in [0.25, 0.3) is 0 Å². The van der Waals surface area contributed by atoms with Gasteiger partial charge in [-0.1, -0.05) is 12.8 Å². The maximum Gasteiger partial charge on any atom is 0.225 e. The first-order chi connectivity index (χ1) is 13.8. The molecular formula is C21H36IN7. The van der Waals surface area contributed by atoms with Crippen LogP contribution in [0.2, 0.25) is 0 Å². The van der Waals surface area contributed by atoms with Crippen molar-refractivity contribution in [3.05, 3.63) is 18.5 Å². The van der Waals surface area contributed by atoms with Crippen LogP contribution in [0.3, 0.4) is 0 Å². The average molecular weight is 513 g/mol. The summed E-state index contributed by atoms with van der Waals surface area (Å²) >= 11 is 0. The minimum Gasteiger partial charge on any atom is -0.357 e. The van der Waals surface area contributed by atoms with Gasteiger partial charge >= 0.3 is 0 Å². The summed E-state index contributed by atoms with van der Waals surface area (Å²) in [4.78, 5) is 21.0. The molecule has 162 valence electrons. The zero-order valence-corrected chi connectivity index (χ0v) is 20.0.